The molecule has 0 unspecified atom stereocenters. The third-order valence-electron chi connectivity index (χ3n) is 2.91. The second kappa shape index (κ2) is 7.05. The Morgan fingerprint density at radius 1 is 1.15 bits per heavy atom. The largest absolute Gasteiger partial charge is 0.497 e. The van der Waals surface area contributed by atoms with Gasteiger partial charge in [0.05, 0.1) is 13.5 Å². The Morgan fingerprint density at radius 2 is 1.85 bits per heavy atom. The Hall–Kier alpha value is -1.88. The molecule has 5 nitrogen and oxygen atoms in total. The number of nitrogens with zero attached hydrogens (tertiary/aromatic N) is 2. The van der Waals surface area contributed by atoms with Crippen LogP contribution in [-0.2, 0) is 12.8 Å². The minimum Gasteiger partial charge on any atom is -0.497 e. The van der Waals surface area contributed by atoms with E-state index in [2.05, 4.69) is 29.4 Å². The second-order valence-electron chi connectivity index (χ2n) is 4.97. The maximum Gasteiger partial charge on any atom is 0.220 e. The summed E-state index contributed by atoms with van der Waals surface area (Å²) in [5.74, 6) is 2.18. The standard InChI is InChI=1S/C15H21N3O2/c1-11(2)16-9-8-14-17-18-15(20-14)10-12-4-6-13(19-3)7-5-12/h4-7,11,16H,8-10H2,1-3H3. The van der Waals surface area contributed by atoms with Gasteiger partial charge in [0.15, 0.2) is 0 Å². The zero-order chi connectivity index (χ0) is 14.4. The van der Waals surface area contributed by atoms with Crippen molar-refractivity contribution in [3.63, 3.8) is 0 Å². The van der Waals surface area contributed by atoms with Crippen molar-refractivity contribution in [2.24, 2.45) is 0 Å². The zero-order valence-electron chi connectivity index (χ0n) is 12.2. The van der Waals surface area contributed by atoms with E-state index in [1.165, 1.54) is 0 Å². The molecular formula is C15H21N3O2. The summed E-state index contributed by atoms with van der Waals surface area (Å²) in [7, 11) is 1.66. The van der Waals surface area contributed by atoms with Crippen LogP contribution in [0.3, 0.4) is 0 Å². The molecule has 1 aromatic carbocycles. The van der Waals surface area contributed by atoms with Crippen LogP contribution in [0.5, 0.6) is 5.75 Å². The summed E-state index contributed by atoms with van der Waals surface area (Å²) in [6.45, 7) is 5.08. The summed E-state index contributed by atoms with van der Waals surface area (Å²) < 4.78 is 10.8. The van der Waals surface area contributed by atoms with E-state index in [9.17, 15) is 0 Å². The average Bonchev–Trinajstić information content (AvgIpc) is 2.87. The summed E-state index contributed by atoms with van der Waals surface area (Å²) >= 11 is 0. The van der Waals surface area contributed by atoms with Crippen molar-refractivity contribution in [3.05, 3.63) is 41.6 Å². The van der Waals surface area contributed by atoms with E-state index in [1.54, 1.807) is 7.11 Å². The van der Waals surface area contributed by atoms with Crippen molar-refractivity contribution >= 4 is 0 Å². The first-order valence-corrected chi connectivity index (χ1v) is 6.85. The number of nitrogens with one attached hydrogen (secondary N) is 1. The zero-order valence-corrected chi connectivity index (χ0v) is 12.2. The number of methoxy groups -OCH3 is 1. The van der Waals surface area contributed by atoms with E-state index < -0.39 is 0 Å². The number of aromatic nitrogens is 2. The lowest BCUT2D eigenvalue weighted by Gasteiger charge is -2.04. The predicted molar refractivity (Wildman–Crippen MR) is 76.9 cm³/mol. The van der Waals surface area contributed by atoms with Crippen LogP contribution in [0.2, 0.25) is 0 Å². The predicted octanol–water partition coefficient (Wildman–Crippen LogP) is 2.21. The Bertz CT molecular complexity index is 520. The fraction of sp³-hybridized carbons (Fsp3) is 0.467. The average molecular weight is 275 g/mol. The van der Waals surface area contributed by atoms with Crippen molar-refractivity contribution in [3.8, 4) is 5.75 Å². The number of ether oxygens (including phenoxy) is 1. The van der Waals surface area contributed by atoms with Crippen LogP contribution in [0.25, 0.3) is 0 Å². The van der Waals surface area contributed by atoms with Gasteiger partial charge in [0.25, 0.3) is 0 Å². The SMILES string of the molecule is COc1ccc(Cc2nnc(CCNC(C)C)o2)cc1. The molecule has 0 aliphatic rings. The summed E-state index contributed by atoms with van der Waals surface area (Å²) in [4.78, 5) is 0. The van der Waals surface area contributed by atoms with Gasteiger partial charge in [-0.2, -0.15) is 0 Å². The molecule has 5 heteroatoms. The summed E-state index contributed by atoms with van der Waals surface area (Å²) in [6.07, 6.45) is 1.41. The highest BCUT2D eigenvalue weighted by Crippen LogP contribution is 2.14. The van der Waals surface area contributed by atoms with Gasteiger partial charge < -0.3 is 14.5 Å². The Morgan fingerprint density at radius 3 is 2.50 bits per heavy atom. The quantitative estimate of drug-likeness (QED) is 0.839. The highest BCUT2D eigenvalue weighted by atomic mass is 16.5. The van der Waals surface area contributed by atoms with Gasteiger partial charge in [0.1, 0.15) is 5.75 Å². The Labute approximate surface area is 119 Å². The van der Waals surface area contributed by atoms with Crippen LogP contribution >= 0.6 is 0 Å². The lowest BCUT2D eigenvalue weighted by molar-refractivity contribution is 0.414. The Kier molecular flexibility index (Phi) is 5.12. The number of hydrogen-bond acceptors (Lipinski definition) is 5. The minimum absolute atomic E-state index is 0.469. The molecule has 2 aromatic rings. The molecule has 1 aromatic heterocycles. The molecule has 0 saturated heterocycles. The van der Waals surface area contributed by atoms with Gasteiger partial charge in [0.2, 0.25) is 11.8 Å². The molecule has 0 saturated carbocycles. The molecule has 0 amide bonds. The molecule has 1 heterocycles. The van der Waals surface area contributed by atoms with E-state index >= 15 is 0 Å². The van der Waals surface area contributed by atoms with Crippen molar-refractivity contribution in [1.82, 2.24) is 15.5 Å². The summed E-state index contributed by atoms with van der Waals surface area (Å²) in [5.41, 5.74) is 1.13. The molecule has 0 atom stereocenters. The van der Waals surface area contributed by atoms with Crippen LogP contribution in [0.15, 0.2) is 28.7 Å². The molecule has 1 N–H and O–H groups in total. The van der Waals surface area contributed by atoms with Crippen molar-refractivity contribution in [2.45, 2.75) is 32.7 Å². The molecule has 108 valence electrons. The smallest absolute Gasteiger partial charge is 0.220 e. The fourth-order valence-corrected chi connectivity index (χ4v) is 1.85. The highest BCUT2D eigenvalue weighted by molar-refractivity contribution is 5.28. The van der Waals surface area contributed by atoms with Gasteiger partial charge in [-0.15, -0.1) is 10.2 Å². The molecule has 0 radical (unpaired) electrons. The molecule has 2 rings (SSSR count). The Balaban J connectivity index is 1.88. The first kappa shape index (κ1) is 14.5. The fourth-order valence-electron chi connectivity index (χ4n) is 1.85. The maximum atomic E-state index is 5.63. The number of rotatable bonds is 7. The lowest BCUT2D eigenvalue weighted by Crippen LogP contribution is -2.25. The van der Waals surface area contributed by atoms with E-state index in [0.717, 1.165) is 24.3 Å². The van der Waals surface area contributed by atoms with E-state index in [0.29, 0.717) is 24.2 Å². The van der Waals surface area contributed by atoms with Crippen molar-refractivity contribution in [2.75, 3.05) is 13.7 Å². The van der Waals surface area contributed by atoms with Gasteiger partial charge in [0, 0.05) is 19.0 Å². The number of hydrogen-bond donors (Lipinski definition) is 1. The van der Waals surface area contributed by atoms with Crippen molar-refractivity contribution in [1.29, 1.82) is 0 Å². The molecule has 20 heavy (non-hydrogen) atoms. The van der Waals surface area contributed by atoms with Gasteiger partial charge >= 0.3 is 0 Å². The topological polar surface area (TPSA) is 60.2 Å². The van der Waals surface area contributed by atoms with Gasteiger partial charge in [-0.05, 0) is 17.7 Å². The maximum absolute atomic E-state index is 5.63. The molecule has 0 spiro atoms. The lowest BCUT2D eigenvalue weighted by atomic mass is 10.1. The summed E-state index contributed by atoms with van der Waals surface area (Å²) in [6, 6.07) is 8.33. The van der Waals surface area contributed by atoms with Crippen LogP contribution in [-0.4, -0.2) is 29.9 Å². The normalized spacial score (nSPS) is 11.0. The molecule has 0 aliphatic heterocycles. The molecular weight excluding hydrogens is 254 g/mol. The van der Waals surface area contributed by atoms with Crippen LogP contribution < -0.4 is 10.1 Å². The van der Waals surface area contributed by atoms with Gasteiger partial charge in [-0.3, -0.25) is 0 Å². The van der Waals surface area contributed by atoms with E-state index in [4.69, 9.17) is 9.15 Å². The first-order valence-electron chi connectivity index (χ1n) is 6.85. The molecule has 0 fully saturated rings. The molecule has 0 aliphatic carbocycles. The first-order chi connectivity index (χ1) is 9.67. The monoisotopic (exact) mass is 275 g/mol. The number of benzene rings is 1. The summed E-state index contributed by atoms with van der Waals surface area (Å²) in [5, 5.41) is 11.5. The van der Waals surface area contributed by atoms with Crippen LogP contribution in [0.1, 0.15) is 31.2 Å². The minimum atomic E-state index is 0.469. The second-order valence-corrected chi connectivity index (χ2v) is 4.97. The molecule has 0 bridgehead atoms. The highest BCUT2D eigenvalue weighted by Gasteiger charge is 2.07. The van der Waals surface area contributed by atoms with E-state index in [1.807, 2.05) is 24.3 Å². The van der Waals surface area contributed by atoms with Gasteiger partial charge in [-0.25, -0.2) is 0 Å². The third-order valence-corrected chi connectivity index (χ3v) is 2.91. The van der Waals surface area contributed by atoms with Crippen LogP contribution in [0.4, 0.5) is 0 Å². The van der Waals surface area contributed by atoms with E-state index in [-0.39, 0.29) is 0 Å². The van der Waals surface area contributed by atoms with Crippen LogP contribution in [0, 0.1) is 0 Å². The van der Waals surface area contributed by atoms with Crippen molar-refractivity contribution < 1.29 is 9.15 Å². The van der Waals surface area contributed by atoms with Gasteiger partial charge in [-0.1, -0.05) is 26.0 Å². The third kappa shape index (κ3) is 4.35.